The molecule has 26 heavy (non-hydrogen) atoms. The van der Waals surface area contributed by atoms with Crippen molar-refractivity contribution in [3.05, 3.63) is 71.3 Å². The van der Waals surface area contributed by atoms with Gasteiger partial charge in [0.15, 0.2) is 5.78 Å². The minimum absolute atomic E-state index is 0.240. The van der Waals surface area contributed by atoms with Gasteiger partial charge in [0.05, 0.1) is 13.2 Å². The van der Waals surface area contributed by atoms with Crippen LogP contribution in [0.25, 0.3) is 0 Å². The number of hydrogen-bond donors (Lipinski definition) is 1. The van der Waals surface area contributed by atoms with Crippen molar-refractivity contribution in [2.75, 3.05) is 26.3 Å². The Morgan fingerprint density at radius 3 is 2.27 bits per heavy atom. The van der Waals surface area contributed by atoms with Crippen LogP contribution in [0.15, 0.2) is 54.6 Å². The molecule has 0 spiro atoms. The van der Waals surface area contributed by atoms with Gasteiger partial charge in [-0.25, -0.2) is 0 Å². The largest absolute Gasteiger partial charge is 0.382 e. The zero-order valence-corrected chi connectivity index (χ0v) is 15.6. The fourth-order valence-corrected chi connectivity index (χ4v) is 3.62. The number of rotatable bonds is 6. The Kier molecular flexibility index (Phi) is 5.56. The van der Waals surface area contributed by atoms with Crippen molar-refractivity contribution < 1.29 is 19.1 Å². The average Bonchev–Trinajstić information content (AvgIpc) is 2.62. The number of hydrogen-bond acceptors (Lipinski definition) is 3. The summed E-state index contributed by atoms with van der Waals surface area (Å²) in [6.07, 6.45) is 0. The van der Waals surface area contributed by atoms with Crippen LogP contribution in [-0.4, -0.2) is 47.3 Å². The van der Waals surface area contributed by atoms with Crippen LogP contribution in [0.1, 0.15) is 35.3 Å². The predicted molar refractivity (Wildman–Crippen MR) is 102 cm³/mol. The average molecular weight is 354 g/mol. The van der Waals surface area contributed by atoms with Crippen molar-refractivity contribution in [2.24, 2.45) is 0 Å². The number of quaternary nitrogens is 1. The van der Waals surface area contributed by atoms with Crippen LogP contribution >= 0.6 is 0 Å². The van der Waals surface area contributed by atoms with Crippen molar-refractivity contribution in [1.82, 2.24) is 0 Å². The minimum Gasteiger partial charge on any atom is -0.382 e. The van der Waals surface area contributed by atoms with Crippen molar-refractivity contribution >= 4 is 5.78 Å². The maximum Gasteiger partial charge on any atom is 0.193 e. The first-order valence-electron chi connectivity index (χ1n) is 9.21. The van der Waals surface area contributed by atoms with Gasteiger partial charge in [-0.2, -0.15) is 0 Å². The molecule has 2 aromatic carbocycles. The highest BCUT2D eigenvalue weighted by atomic mass is 16.5. The Hall–Kier alpha value is -2.01. The van der Waals surface area contributed by atoms with Gasteiger partial charge in [0.1, 0.15) is 31.8 Å². The van der Waals surface area contributed by atoms with Crippen molar-refractivity contribution in [3.63, 3.8) is 0 Å². The second-order valence-electron chi connectivity index (χ2n) is 7.79. The highest BCUT2D eigenvalue weighted by Gasteiger charge is 2.32. The number of carbonyl (C=O) groups is 1. The van der Waals surface area contributed by atoms with Gasteiger partial charge in [-0.3, -0.25) is 4.79 Å². The van der Waals surface area contributed by atoms with Crippen LogP contribution in [0.3, 0.4) is 0 Å². The molecule has 1 aliphatic heterocycles. The van der Waals surface area contributed by atoms with E-state index in [2.05, 4.69) is 30.3 Å². The lowest BCUT2D eigenvalue weighted by Crippen LogP contribution is -2.53. The molecule has 1 fully saturated rings. The van der Waals surface area contributed by atoms with E-state index >= 15 is 0 Å². The third-order valence-electron chi connectivity index (χ3n) is 5.04. The summed E-state index contributed by atoms with van der Waals surface area (Å²) in [5.41, 5.74) is 1.66. The van der Waals surface area contributed by atoms with Gasteiger partial charge in [0.25, 0.3) is 0 Å². The number of benzene rings is 2. The van der Waals surface area contributed by atoms with E-state index in [-0.39, 0.29) is 5.78 Å². The van der Waals surface area contributed by atoms with E-state index in [9.17, 15) is 9.90 Å². The lowest BCUT2D eigenvalue weighted by Gasteiger charge is -2.41. The molecule has 1 N–H and O–H groups in total. The first kappa shape index (κ1) is 18.8. The molecule has 0 aromatic heterocycles. The van der Waals surface area contributed by atoms with Crippen LogP contribution < -0.4 is 0 Å². The van der Waals surface area contributed by atoms with Crippen LogP contribution in [0.4, 0.5) is 0 Å². The third kappa shape index (κ3) is 4.58. The summed E-state index contributed by atoms with van der Waals surface area (Å²) in [7, 11) is 0. The maximum absolute atomic E-state index is 12.4. The number of morpholine rings is 1. The normalized spacial score (nSPS) is 17.0. The SMILES string of the molecule is CC(C)(O)C(=O)c1cccc(C[N+]2(Cc3ccccc3)CCOCC2)c1. The number of carbonyl (C=O) groups excluding carboxylic acids is 1. The van der Waals surface area contributed by atoms with Crippen molar-refractivity contribution in [2.45, 2.75) is 32.5 Å². The lowest BCUT2D eigenvalue weighted by molar-refractivity contribution is -0.960. The van der Waals surface area contributed by atoms with Crippen LogP contribution in [0, 0.1) is 0 Å². The van der Waals surface area contributed by atoms with Gasteiger partial charge in [0.2, 0.25) is 0 Å². The zero-order chi connectivity index (χ0) is 18.6. The van der Waals surface area contributed by atoms with E-state index in [0.717, 1.165) is 49.4 Å². The van der Waals surface area contributed by atoms with E-state index in [1.54, 1.807) is 6.07 Å². The number of aliphatic hydroxyl groups is 1. The molecule has 0 radical (unpaired) electrons. The second-order valence-corrected chi connectivity index (χ2v) is 7.79. The predicted octanol–water partition coefficient (Wildman–Crippen LogP) is 3.19. The number of ether oxygens (including phenoxy) is 1. The third-order valence-corrected chi connectivity index (χ3v) is 5.04. The molecule has 0 aliphatic carbocycles. The van der Waals surface area contributed by atoms with E-state index in [4.69, 9.17) is 4.74 Å². The second kappa shape index (κ2) is 7.70. The van der Waals surface area contributed by atoms with Gasteiger partial charge >= 0.3 is 0 Å². The summed E-state index contributed by atoms with van der Waals surface area (Å²) in [6, 6.07) is 18.2. The summed E-state index contributed by atoms with van der Waals surface area (Å²) >= 11 is 0. The number of Topliss-reactive ketones (excluding diaryl/α,β-unsaturated/α-hetero) is 1. The van der Waals surface area contributed by atoms with Crippen molar-refractivity contribution in [3.8, 4) is 0 Å². The summed E-state index contributed by atoms with van der Waals surface area (Å²) < 4.78 is 6.52. The van der Waals surface area contributed by atoms with E-state index in [0.29, 0.717) is 5.56 Å². The molecule has 1 heterocycles. The Morgan fingerprint density at radius 1 is 1.00 bits per heavy atom. The van der Waals surface area contributed by atoms with Crippen LogP contribution in [0.5, 0.6) is 0 Å². The molecule has 0 atom stereocenters. The first-order chi connectivity index (χ1) is 12.4. The number of nitrogens with zero attached hydrogens (tertiary/aromatic N) is 1. The fraction of sp³-hybridized carbons (Fsp3) is 0.409. The minimum atomic E-state index is -1.35. The van der Waals surface area contributed by atoms with Gasteiger partial charge < -0.3 is 14.3 Å². The molecular weight excluding hydrogens is 326 g/mol. The zero-order valence-electron chi connectivity index (χ0n) is 15.6. The smallest absolute Gasteiger partial charge is 0.193 e. The highest BCUT2D eigenvalue weighted by molar-refractivity contribution is 6.01. The molecule has 4 heteroatoms. The lowest BCUT2D eigenvalue weighted by atomic mass is 9.95. The Morgan fingerprint density at radius 2 is 1.62 bits per heavy atom. The Labute approximate surface area is 155 Å². The molecule has 1 saturated heterocycles. The fourth-order valence-electron chi connectivity index (χ4n) is 3.62. The number of ketones is 1. The standard InChI is InChI=1S/C22H28NO3/c1-22(2,25)21(24)20-10-6-9-19(15-20)17-23(11-13-26-14-12-23)16-18-7-4-3-5-8-18/h3-10,15,25H,11-14,16-17H2,1-2H3/q+1. The molecule has 138 valence electrons. The summed E-state index contributed by atoms with van der Waals surface area (Å²) in [4.78, 5) is 12.4. The molecule has 1 aliphatic rings. The van der Waals surface area contributed by atoms with Crippen LogP contribution in [-0.2, 0) is 17.8 Å². The van der Waals surface area contributed by atoms with Gasteiger partial charge in [-0.15, -0.1) is 0 Å². The quantitative estimate of drug-likeness (QED) is 0.640. The molecule has 3 rings (SSSR count). The van der Waals surface area contributed by atoms with Crippen molar-refractivity contribution in [1.29, 1.82) is 0 Å². The van der Waals surface area contributed by atoms with Gasteiger partial charge in [0, 0.05) is 16.7 Å². The van der Waals surface area contributed by atoms with E-state index < -0.39 is 5.60 Å². The van der Waals surface area contributed by atoms with E-state index in [1.807, 2.05) is 18.2 Å². The van der Waals surface area contributed by atoms with E-state index in [1.165, 1.54) is 19.4 Å². The maximum atomic E-state index is 12.4. The highest BCUT2D eigenvalue weighted by Crippen LogP contribution is 2.23. The molecule has 0 unspecified atom stereocenters. The molecule has 4 nitrogen and oxygen atoms in total. The van der Waals surface area contributed by atoms with Gasteiger partial charge in [-0.05, 0) is 19.9 Å². The molecule has 2 aromatic rings. The van der Waals surface area contributed by atoms with Crippen LogP contribution in [0.2, 0.25) is 0 Å². The first-order valence-corrected chi connectivity index (χ1v) is 9.21. The molecular formula is C22H28NO3+. The Bertz CT molecular complexity index is 743. The van der Waals surface area contributed by atoms with Gasteiger partial charge in [-0.1, -0.05) is 48.5 Å². The monoisotopic (exact) mass is 354 g/mol. The molecule has 0 saturated carbocycles. The Balaban J connectivity index is 1.84. The summed E-state index contributed by atoms with van der Waals surface area (Å²) in [5, 5.41) is 10.0. The summed E-state index contributed by atoms with van der Waals surface area (Å²) in [6.45, 7) is 8.31. The topological polar surface area (TPSA) is 46.5 Å². The molecule has 0 amide bonds. The molecule has 0 bridgehead atoms. The summed E-state index contributed by atoms with van der Waals surface area (Å²) in [5.74, 6) is -0.240.